The van der Waals surface area contributed by atoms with Crippen LogP contribution in [0, 0.1) is 0 Å². The van der Waals surface area contributed by atoms with Gasteiger partial charge in [-0.05, 0) is 19.1 Å². The summed E-state index contributed by atoms with van der Waals surface area (Å²) in [5, 5.41) is 0. The number of aromatic nitrogens is 2. The predicted molar refractivity (Wildman–Crippen MR) is 75.8 cm³/mol. The Morgan fingerprint density at radius 1 is 1.19 bits per heavy atom. The van der Waals surface area contributed by atoms with E-state index in [0.717, 1.165) is 10.8 Å². The highest BCUT2D eigenvalue weighted by Crippen LogP contribution is 2.25. The lowest BCUT2D eigenvalue weighted by Gasteiger charge is -2.12. The van der Waals surface area contributed by atoms with Crippen LogP contribution in [0.1, 0.15) is 17.3 Å². The fourth-order valence-corrected chi connectivity index (χ4v) is 1.92. The first-order valence-electron chi connectivity index (χ1n) is 6.07. The van der Waals surface area contributed by atoms with Gasteiger partial charge in [-0.3, -0.25) is 9.59 Å². The molecule has 2 rings (SSSR count). The van der Waals surface area contributed by atoms with Crippen molar-refractivity contribution in [3.8, 4) is 17.2 Å². The molecule has 21 heavy (non-hydrogen) atoms. The Hall–Kier alpha value is -2.83. The average molecular weight is 290 g/mol. The van der Waals surface area contributed by atoms with Gasteiger partial charge in [0.1, 0.15) is 11.5 Å². The molecular formula is C14H14N2O5. The minimum Gasteiger partial charge on any atom is -0.497 e. The molecule has 0 aliphatic carbocycles. The number of aromatic amines is 1. The molecule has 0 saturated heterocycles. The quantitative estimate of drug-likeness (QED) is 0.839. The van der Waals surface area contributed by atoms with Crippen LogP contribution in [0.25, 0.3) is 5.69 Å². The topological polar surface area (TPSA) is 90.4 Å². The SMILES string of the molecule is COc1ccc(OC)c(-n2c(=O)[nH]cc(C(C)=O)c2=O)c1. The predicted octanol–water partition coefficient (Wildman–Crippen LogP) is 0.746. The Morgan fingerprint density at radius 2 is 1.90 bits per heavy atom. The molecule has 0 radical (unpaired) electrons. The van der Waals surface area contributed by atoms with Gasteiger partial charge in [-0.25, -0.2) is 9.36 Å². The first-order valence-corrected chi connectivity index (χ1v) is 6.07. The lowest BCUT2D eigenvalue weighted by atomic mass is 10.2. The number of Topliss-reactive ketones (excluding diaryl/α,β-unsaturated/α-hetero) is 1. The van der Waals surface area contributed by atoms with Crippen LogP contribution < -0.4 is 20.7 Å². The van der Waals surface area contributed by atoms with Gasteiger partial charge in [0.15, 0.2) is 5.78 Å². The molecule has 0 unspecified atom stereocenters. The van der Waals surface area contributed by atoms with Crippen molar-refractivity contribution in [3.05, 3.63) is 50.8 Å². The maximum Gasteiger partial charge on any atom is 0.333 e. The van der Waals surface area contributed by atoms with Gasteiger partial charge >= 0.3 is 5.69 Å². The molecule has 0 aliphatic heterocycles. The van der Waals surface area contributed by atoms with E-state index >= 15 is 0 Å². The maximum absolute atomic E-state index is 12.3. The number of hydrogen-bond donors (Lipinski definition) is 1. The molecule has 0 spiro atoms. The van der Waals surface area contributed by atoms with Gasteiger partial charge in [-0.15, -0.1) is 0 Å². The van der Waals surface area contributed by atoms with Crippen LogP contribution in [-0.4, -0.2) is 29.6 Å². The highest BCUT2D eigenvalue weighted by Gasteiger charge is 2.16. The van der Waals surface area contributed by atoms with Gasteiger partial charge < -0.3 is 14.5 Å². The molecule has 0 atom stereocenters. The van der Waals surface area contributed by atoms with Crippen LogP contribution in [0.5, 0.6) is 11.5 Å². The van der Waals surface area contributed by atoms with E-state index in [1.807, 2.05) is 0 Å². The number of H-pyrrole nitrogens is 1. The lowest BCUT2D eigenvalue weighted by molar-refractivity contribution is 0.101. The van der Waals surface area contributed by atoms with Gasteiger partial charge in [-0.2, -0.15) is 0 Å². The number of carbonyl (C=O) groups is 1. The Kier molecular flexibility index (Phi) is 3.93. The Balaban J connectivity index is 2.84. The summed E-state index contributed by atoms with van der Waals surface area (Å²) in [7, 11) is 2.88. The van der Waals surface area contributed by atoms with Crippen molar-refractivity contribution in [1.29, 1.82) is 0 Å². The average Bonchev–Trinajstić information content (AvgIpc) is 2.46. The molecule has 1 N–H and O–H groups in total. The number of nitrogens with zero attached hydrogens (tertiary/aromatic N) is 1. The summed E-state index contributed by atoms with van der Waals surface area (Å²) >= 11 is 0. The van der Waals surface area contributed by atoms with Crippen molar-refractivity contribution in [1.82, 2.24) is 9.55 Å². The zero-order valence-corrected chi connectivity index (χ0v) is 11.8. The zero-order valence-electron chi connectivity index (χ0n) is 11.8. The minimum atomic E-state index is -0.710. The third-order valence-corrected chi connectivity index (χ3v) is 2.98. The van der Waals surface area contributed by atoms with E-state index in [0.29, 0.717) is 11.5 Å². The molecule has 0 aliphatic rings. The molecular weight excluding hydrogens is 276 g/mol. The number of rotatable bonds is 4. The van der Waals surface area contributed by atoms with Crippen molar-refractivity contribution in [3.63, 3.8) is 0 Å². The summed E-state index contributed by atoms with van der Waals surface area (Å²) in [5.41, 5.74) is -1.29. The highest BCUT2D eigenvalue weighted by molar-refractivity contribution is 5.93. The minimum absolute atomic E-state index is 0.112. The van der Waals surface area contributed by atoms with Crippen molar-refractivity contribution in [2.75, 3.05) is 14.2 Å². The molecule has 0 saturated carbocycles. The van der Waals surface area contributed by atoms with Crippen LogP contribution in [0.15, 0.2) is 34.0 Å². The Labute approximate surface area is 119 Å². The van der Waals surface area contributed by atoms with Crippen molar-refractivity contribution >= 4 is 5.78 Å². The molecule has 1 aromatic heterocycles. The van der Waals surface area contributed by atoms with E-state index in [2.05, 4.69) is 4.98 Å². The largest absolute Gasteiger partial charge is 0.497 e. The summed E-state index contributed by atoms with van der Waals surface area (Å²) in [6.07, 6.45) is 1.11. The number of benzene rings is 1. The molecule has 2 aromatic rings. The van der Waals surface area contributed by atoms with Gasteiger partial charge in [-0.1, -0.05) is 0 Å². The van der Waals surface area contributed by atoms with Gasteiger partial charge in [0.25, 0.3) is 5.56 Å². The van der Waals surface area contributed by atoms with E-state index < -0.39 is 17.0 Å². The maximum atomic E-state index is 12.3. The standard InChI is InChI=1S/C14H14N2O5/c1-8(17)10-7-15-14(19)16(13(10)18)11-6-9(20-2)4-5-12(11)21-3/h4-7H,1-3H3,(H,15,19). The van der Waals surface area contributed by atoms with E-state index in [-0.39, 0.29) is 11.3 Å². The second-order valence-corrected chi connectivity index (χ2v) is 4.24. The summed E-state index contributed by atoms with van der Waals surface area (Å²) in [6, 6.07) is 4.69. The smallest absolute Gasteiger partial charge is 0.333 e. The van der Waals surface area contributed by atoms with E-state index in [9.17, 15) is 14.4 Å². The number of nitrogens with one attached hydrogen (secondary N) is 1. The fourth-order valence-electron chi connectivity index (χ4n) is 1.92. The second kappa shape index (κ2) is 5.66. The fraction of sp³-hybridized carbons (Fsp3) is 0.214. The summed E-state index contributed by atoms with van der Waals surface area (Å²) in [5.74, 6) is 0.321. The summed E-state index contributed by atoms with van der Waals surface area (Å²) < 4.78 is 11.1. The number of hydrogen-bond acceptors (Lipinski definition) is 5. The second-order valence-electron chi connectivity index (χ2n) is 4.24. The number of ether oxygens (including phenoxy) is 2. The van der Waals surface area contributed by atoms with E-state index in [1.54, 1.807) is 12.1 Å². The van der Waals surface area contributed by atoms with Crippen molar-refractivity contribution in [2.24, 2.45) is 0 Å². The van der Waals surface area contributed by atoms with Crippen LogP contribution in [-0.2, 0) is 0 Å². The molecule has 0 fully saturated rings. The normalized spacial score (nSPS) is 10.2. The highest BCUT2D eigenvalue weighted by atomic mass is 16.5. The first kappa shape index (κ1) is 14.6. The van der Waals surface area contributed by atoms with E-state index in [4.69, 9.17) is 9.47 Å². The molecule has 110 valence electrons. The molecule has 7 heteroatoms. The third-order valence-electron chi connectivity index (χ3n) is 2.98. The number of methoxy groups -OCH3 is 2. The zero-order chi connectivity index (χ0) is 15.6. The molecule has 0 bridgehead atoms. The summed E-state index contributed by atoms with van der Waals surface area (Å²) in [6.45, 7) is 1.25. The van der Waals surface area contributed by atoms with E-state index in [1.165, 1.54) is 27.2 Å². The van der Waals surface area contributed by atoms with Crippen molar-refractivity contribution in [2.45, 2.75) is 6.92 Å². The monoisotopic (exact) mass is 290 g/mol. The molecule has 7 nitrogen and oxygen atoms in total. The van der Waals surface area contributed by atoms with Crippen LogP contribution >= 0.6 is 0 Å². The third kappa shape index (κ3) is 2.58. The molecule has 1 heterocycles. The van der Waals surface area contributed by atoms with Crippen LogP contribution in [0.4, 0.5) is 0 Å². The van der Waals surface area contributed by atoms with Gasteiger partial charge in [0, 0.05) is 12.3 Å². The van der Waals surface area contributed by atoms with Crippen LogP contribution in [0.3, 0.4) is 0 Å². The van der Waals surface area contributed by atoms with Gasteiger partial charge in [0.05, 0.1) is 25.5 Å². The van der Waals surface area contributed by atoms with Crippen molar-refractivity contribution < 1.29 is 14.3 Å². The molecule has 1 aromatic carbocycles. The van der Waals surface area contributed by atoms with Crippen LogP contribution in [0.2, 0.25) is 0 Å². The Morgan fingerprint density at radius 3 is 2.48 bits per heavy atom. The lowest BCUT2D eigenvalue weighted by Crippen LogP contribution is -2.36. The first-order chi connectivity index (χ1) is 9.99. The molecule has 0 amide bonds. The Bertz CT molecular complexity index is 804. The number of carbonyl (C=O) groups excluding carboxylic acids is 1. The summed E-state index contributed by atoms with van der Waals surface area (Å²) in [4.78, 5) is 38.1. The van der Waals surface area contributed by atoms with Gasteiger partial charge in [0.2, 0.25) is 0 Å². The number of ketones is 1.